The fraction of sp³-hybridized carbons (Fsp3) is 0.500. The van der Waals surface area contributed by atoms with Crippen molar-refractivity contribution in [3.05, 3.63) is 30.0 Å². The highest BCUT2D eigenvalue weighted by Gasteiger charge is 2.30. The van der Waals surface area contributed by atoms with Crippen molar-refractivity contribution in [2.24, 2.45) is 11.8 Å². The fourth-order valence-electron chi connectivity index (χ4n) is 3.11. The lowest BCUT2D eigenvalue weighted by Crippen LogP contribution is -2.28. The monoisotopic (exact) mass is 281 g/mol. The van der Waals surface area contributed by atoms with Crippen LogP contribution in [0.15, 0.2) is 24.3 Å². The van der Waals surface area contributed by atoms with Crippen molar-refractivity contribution in [1.82, 2.24) is 4.98 Å². The molecule has 0 aliphatic heterocycles. The maximum absolute atomic E-state index is 6.01. The van der Waals surface area contributed by atoms with Crippen molar-refractivity contribution in [2.75, 3.05) is 23.7 Å². The van der Waals surface area contributed by atoms with Crippen molar-refractivity contribution in [3.63, 3.8) is 0 Å². The van der Waals surface area contributed by atoms with E-state index in [0.717, 1.165) is 28.7 Å². The van der Waals surface area contributed by atoms with Gasteiger partial charge in [0.15, 0.2) is 0 Å². The Bertz CT molecular complexity index is 657. The lowest BCUT2D eigenvalue weighted by atomic mass is 10.1. The lowest BCUT2D eigenvalue weighted by molar-refractivity contribution is 0.681. The predicted octanol–water partition coefficient (Wildman–Crippen LogP) is 3.75. The number of aryl methyl sites for hydroxylation is 1. The molecule has 2 aromatic rings. The van der Waals surface area contributed by atoms with E-state index in [0.29, 0.717) is 0 Å². The van der Waals surface area contributed by atoms with E-state index in [1.54, 1.807) is 0 Å². The van der Waals surface area contributed by atoms with Gasteiger partial charge in [-0.05, 0) is 68.7 Å². The molecule has 0 saturated heterocycles. The van der Waals surface area contributed by atoms with E-state index in [4.69, 9.17) is 5.73 Å². The minimum atomic E-state index is 0.826. The number of aromatic nitrogens is 1. The number of hydrogen-bond acceptors (Lipinski definition) is 3. The summed E-state index contributed by atoms with van der Waals surface area (Å²) in [6.45, 7) is 4.49. The molecule has 2 saturated carbocycles. The molecule has 1 heterocycles. The molecule has 0 radical (unpaired) electrons. The molecule has 4 rings (SSSR count). The first-order valence-corrected chi connectivity index (χ1v) is 8.11. The molecule has 2 aliphatic rings. The van der Waals surface area contributed by atoms with Crippen molar-refractivity contribution in [2.45, 2.75) is 32.6 Å². The molecule has 1 aromatic carbocycles. The molecule has 0 unspecified atom stereocenters. The summed E-state index contributed by atoms with van der Waals surface area (Å²) in [5, 5.41) is 1.21. The topological polar surface area (TPSA) is 42.1 Å². The highest BCUT2D eigenvalue weighted by Crippen LogP contribution is 2.38. The van der Waals surface area contributed by atoms with Crippen LogP contribution >= 0.6 is 0 Å². The van der Waals surface area contributed by atoms with E-state index >= 15 is 0 Å². The van der Waals surface area contributed by atoms with Crippen LogP contribution < -0.4 is 10.6 Å². The maximum atomic E-state index is 6.01. The summed E-state index contributed by atoms with van der Waals surface area (Å²) in [5.41, 5.74) is 10.3. The molecule has 0 amide bonds. The number of nitrogens with two attached hydrogens (primary N) is 1. The normalized spacial score (nSPS) is 18.1. The van der Waals surface area contributed by atoms with Crippen molar-refractivity contribution >= 4 is 22.3 Å². The predicted molar refractivity (Wildman–Crippen MR) is 88.6 cm³/mol. The number of fused-ring (bicyclic) bond motifs is 1. The van der Waals surface area contributed by atoms with Crippen LogP contribution in [0.5, 0.6) is 0 Å². The first-order chi connectivity index (χ1) is 10.2. The smallest absolute Gasteiger partial charge is 0.0727 e. The first kappa shape index (κ1) is 12.9. The average molecular weight is 281 g/mol. The Morgan fingerprint density at radius 1 is 1.10 bits per heavy atom. The summed E-state index contributed by atoms with van der Waals surface area (Å²) in [7, 11) is 0. The second-order valence-corrected chi connectivity index (χ2v) is 6.85. The zero-order valence-electron chi connectivity index (χ0n) is 12.7. The lowest BCUT2D eigenvalue weighted by Gasteiger charge is -2.26. The molecule has 0 atom stereocenters. The third-order valence-corrected chi connectivity index (χ3v) is 4.63. The standard InChI is InChI=1S/C18H23N3/c1-12-8-18(16-9-15(19)6-7-17(16)20-12)21(10-13-2-3-13)11-14-4-5-14/h6-9,13-14H,2-5,10-11,19H2,1H3. The van der Waals surface area contributed by atoms with Gasteiger partial charge in [0, 0.05) is 35.5 Å². The van der Waals surface area contributed by atoms with Gasteiger partial charge < -0.3 is 10.6 Å². The summed E-state index contributed by atoms with van der Waals surface area (Å²) in [6.07, 6.45) is 5.58. The molecule has 3 heteroatoms. The highest BCUT2D eigenvalue weighted by atomic mass is 15.1. The minimum Gasteiger partial charge on any atom is -0.399 e. The van der Waals surface area contributed by atoms with Crippen molar-refractivity contribution in [3.8, 4) is 0 Å². The van der Waals surface area contributed by atoms with Crippen LogP contribution in [0.2, 0.25) is 0 Å². The Morgan fingerprint density at radius 2 is 1.76 bits per heavy atom. The summed E-state index contributed by atoms with van der Waals surface area (Å²) in [5.74, 6) is 1.79. The Hall–Kier alpha value is -1.77. The molecule has 2 aliphatic carbocycles. The molecule has 110 valence electrons. The van der Waals surface area contributed by atoms with Gasteiger partial charge in [0.1, 0.15) is 0 Å². The number of hydrogen-bond donors (Lipinski definition) is 1. The Morgan fingerprint density at radius 3 is 2.38 bits per heavy atom. The summed E-state index contributed by atoms with van der Waals surface area (Å²) in [4.78, 5) is 7.27. The number of pyridine rings is 1. The summed E-state index contributed by atoms with van der Waals surface area (Å²) in [6, 6.07) is 8.33. The van der Waals surface area contributed by atoms with E-state index < -0.39 is 0 Å². The van der Waals surface area contributed by atoms with E-state index in [-0.39, 0.29) is 0 Å². The van der Waals surface area contributed by atoms with Crippen LogP contribution in [0.1, 0.15) is 31.4 Å². The SMILES string of the molecule is Cc1cc(N(CC2CC2)CC2CC2)c2cc(N)ccc2n1. The van der Waals surface area contributed by atoms with Gasteiger partial charge >= 0.3 is 0 Å². The molecular formula is C18H23N3. The third kappa shape index (κ3) is 2.82. The minimum absolute atomic E-state index is 0.826. The highest BCUT2D eigenvalue weighted by molar-refractivity contribution is 5.94. The number of nitrogen functional groups attached to an aromatic ring is 1. The van der Waals surface area contributed by atoms with Crippen LogP contribution in [0.3, 0.4) is 0 Å². The van der Waals surface area contributed by atoms with Gasteiger partial charge in [-0.1, -0.05) is 0 Å². The fourth-order valence-corrected chi connectivity index (χ4v) is 3.11. The van der Waals surface area contributed by atoms with Gasteiger partial charge in [-0.25, -0.2) is 0 Å². The Labute approximate surface area is 126 Å². The number of rotatable bonds is 5. The molecule has 2 N–H and O–H groups in total. The molecule has 2 fully saturated rings. The van der Waals surface area contributed by atoms with Crippen molar-refractivity contribution in [1.29, 1.82) is 0 Å². The average Bonchev–Trinajstić information content (AvgIpc) is 3.33. The van der Waals surface area contributed by atoms with Gasteiger partial charge in [0.2, 0.25) is 0 Å². The van der Waals surface area contributed by atoms with Crippen LogP contribution in [0.25, 0.3) is 10.9 Å². The van der Waals surface area contributed by atoms with Crippen LogP contribution in [-0.4, -0.2) is 18.1 Å². The van der Waals surface area contributed by atoms with Gasteiger partial charge in [0.25, 0.3) is 0 Å². The quantitative estimate of drug-likeness (QED) is 0.849. The van der Waals surface area contributed by atoms with Crippen LogP contribution in [-0.2, 0) is 0 Å². The summed E-state index contributed by atoms with van der Waals surface area (Å²) < 4.78 is 0. The molecule has 0 bridgehead atoms. The zero-order chi connectivity index (χ0) is 14.4. The number of anilines is 2. The van der Waals surface area contributed by atoms with Crippen LogP contribution in [0, 0.1) is 18.8 Å². The van der Waals surface area contributed by atoms with Crippen LogP contribution in [0.4, 0.5) is 11.4 Å². The van der Waals surface area contributed by atoms with E-state index in [1.807, 2.05) is 12.1 Å². The maximum Gasteiger partial charge on any atom is 0.0727 e. The Kier molecular flexibility index (Phi) is 3.02. The molecule has 21 heavy (non-hydrogen) atoms. The Balaban J connectivity index is 1.78. The van der Waals surface area contributed by atoms with Gasteiger partial charge in [0.05, 0.1) is 5.52 Å². The summed E-state index contributed by atoms with van der Waals surface area (Å²) >= 11 is 0. The zero-order valence-corrected chi connectivity index (χ0v) is 12.7. The second kappa shape index (κ2) is 4.90. The van der Waals surface area contributed by atoms with E-state index in [1.165, 1.54) is 49.8 Å². The first-order valence-electron chi connectivity index (χ1n) is 8.11. The molecule has 0 spiro atoms. The van der Waals surface area contributed by atoms with Crippen molar-refractivity contribution < 1.29 is 0 Å². The number of benzene rings is 1. The molecular weight excluding hydrogens is 258 g/mol. The van der Waals surface area contributed by atoms with E-state index in [2.05, 4.69) is 28.9 Å². The van der Waals surface area contributed by atoms with E-state index in [9.17, 15) is 0 Å². The number of nitrogens with zero attached hydrogens (tertiary/aromatic N) is 2. The third-order valence-electron chi connectivity index (χ3n) is 4.63. The largest absolute Gasteiger partial charge is 0.399 e. The molecule has 1 aromatic heterocycles. The molecule has 3 nitrogen and oxygen atoms in total. The van der Waals surface area contributed by atoms with Gasteiger partial charge in [-0.3, -0.25) is 4.98 Å². The van der Waals surface area contributed by atoms with Gasteiger partial charge in [-0.15, -0.1) is 0 Å². The van der Waals surface area contributed by atoms with Gasteiger partial charge in [-0.2, -0.15) is 0 Å². The second-order valence-electron chi connectivity index (χ2n) is 6.85.